The average molecular weight is 328 g/mol. The van der Waals surface area contributed by atoms with Crippen LogP contribution in [0.25, 0.3) is 11.4 Å². The van der Waals surface area contributed by atoms with Gasteiger partial charge >= 0.3 is 0 Å². The van der Waals surface area contributed by atoms with Gasteiger partial charge in [0.15, 0.2) is 0 Å². The van der Waals surface area contributed by atoms with Gasteiger partial charge in [0.2, 0.25) is 5.82 Å². The fraction of sp³-hybridized carbons (Fsp3) is 0.375. The van der Waals surface area contributed by atoms with E-state index < -0.39 is 0 Å². The van der Waals surface area contributed by atoms with Crippen molar-refractivity contribution in [1.82, 2.24) is 30.0 Å². The summed E-state index contributed by atoms with van der Waals surface area (Å²) in [7, 11) is 1.77. The van der Waals surface area contributed by atoms with Gasteiger partial charge in [0.25, 0.3) is 0 Å². The van der Waals surface area contributed by atoms with Gasteiger partial charge in [-0.05, 0) is 16.7 Å². The first-order valence-electron chi connectivity index (χ1n) is 7.60. The van der Waals surface area contributed by atoms with E-state index in [1.165, 1.54) is 10.4 Å². The van der Waals surface area contributed by atoms with Gasteiger partial charge in [-0.25, -0.2) is 0 Å². The van der Waals surface area contributed by atoms with E-state index in [0.717, 1.165) is 22.9 Å². The van der Waals surface area contributed by atoms with Gasteiger partial charge in [0.1, 0.15) is 5.03 Å². The quantitative estimate of drug-likeness (QED) is 0.651. The minimum absolute atomic E-state index is 0.522. The summed E-state index contributed by atoms with van der Waals surface area (Å²) in [5, 5.41) is 18.0. The first kappa shape index (κ1) is 15.7. The Morgan fingerprint density at radius 2 is 1.96 bits per heavy atom. The van der Waals surface area contributed by atoms with Crippen molar-refractivity contribution in [2.45, 2.75) is 31.2 Å². The summed E-state index contributed by atoms with van der Waals surface area (Å²) in [6.07, 6.45) is 1.84. The lowest BCUT2D eigenvalue weighted by Gasteiger charge is -2.10. The third-order valence-electron chi connectivity index (χ3n) is 3.30. The second-order valence-electron chi connectivity index (χ2n) is 5.82. The molecule has 6 nitrogen and oxygen atoms in total. The van der Waals surface area contributed by atoms with Crippen LogP contribution in [0.5, 0.6) is 0 Å². The standard InChI is InChI=1S/C16H20N6S/c1-12(2)10-22-16(23-11-13-7-5-4-6-8-13)14(9-17-22)15-18-20-21(3)19-15/h4-9,12H,10-11H2,1-3H3. The normalized spacial score (nSPS) is 11.3. The Bertz CT molecular complexity index is 762. The monoisotopic (exact) mass is 328 g/mol. The van der Waals surface area contributed by atoms with E-state index in [-0.39, 0.29) is 0 Å². The van der Waals surface area contributed by atoms with Crippen molar-refractivity contribution in [3.05, 3.63) is 42.1 Å². The van der Waals surface area contributed by atoms with Crippen LogP contribution < -0.4 is 0 Å². The van der Waals surface area contributed by atoms with Crippen LogP contribution in [0.1, 0.15) is 19.4 Å². The molecule has 23 heavy (non-hydrogen) atoms. The van der Waals surface area contributed by atoms with Crippen LogP contribution in [0, 0.1) is 5.92 Å². The lowest BCUT2D eigenvalue weighted by molar-refractivity contribution is 0.457. The highest BCUT2D eigenvalue weighted by Crippen LogP contribution is 2.32. The molecule has 0 fully saturated rings. The van der Waals surface area contributed by atoms with Crippen molar-refractivity contribution in [3.8, 4) is 11.4 Å². The van der Waals surface area contributed by atoms with E-state index in [9.17, 15) is 0 Å². The van der Waals surface area contributed by atoms with E-state index in [0.29, 0.717) is 11.7 Å². The van der Waals surface area contributed by atoms with Crippen molar-refractivity contribution in [2.75, 3.05) is 0 Å². The van der Waals surface area contributed by atoms with Gasteiger partial charge in [-0.1, -0.05) is 44.2 Å². The molecule has 0 aliphatic carbocycles. The van der Waals surface area contributed by atoms with Gasteiger partial charge in [0.05, 0.1) is 18.8 Å². The summed E-state index contributed by atoms with van der Waals surface area (Å²) >= 11 is 1.76. The van der Waals surface area contributed by atoms with E-state index >= 15 is 0 Å². The molecule has 0 spiro atoms. The molecular formula is C16H20N6S. The third kappa shape index (κ3) is 3.79. The number of tetrazole rings is 1. The number of thioether (sulfide) groups is 1. The van der Waals surface area contributed by atoms with Crippen LogP contribution in [0.4, 0.5) is 0 Å². The molecule has 0 radical (unpaired) electrons. The SMILES string of the molecule is CC(C)Cn1ncc(-c2nnn(C)n2)c1SCc1ccccc1. The molecule has 7 heteroatoms. The van der Waals surface area contributed by atoms with Crippen LogP contribution >= 0.6 is 11.8 Å². The Morgan fingerprint density at radius 1 is 1.17 bits per heavy atom. The van der Waals surface area contributed by atoms with Gasteiger partial charge in [0, 0.05) is 12.3 Å². The average Bonchev–Trinajstić information content (AvgIpc) is 3.12. The second-order valence-corrected chi connectivity index (χ2v) is 6.78. The zero-order chi connectivity index (χ0) is 16.2. The highest BCUT2D eigenvalue weighted by molar-refractivity contribution is 7.98. The van der Waals surface area contributed by atoms with Gasteiger partial charge in [-0.2, -0.15) is 9.90 Å². The number of nitrogens with zero attached hydrogens (tertiary/aromatic N) is 6. The molecule has 0 unspecified atom stereocenters. The van der Waals surface area contributed by atoms with Crippen molar-refractivity contribution < 1.29 is 0 Å². The number of hydrogen-bond acceptors (Lipinski definition) is 5. The topological polar surface area (TPSA) is 61.4 Å². The minimum atomic E-state index is 0.522. The molecule has 2 aromatic heterocycles. The van der Waals surface area contributed by atoms with Crippen LogP contribution in [-0.4, -0.2) is 30.0 Å². The molecule has 0 bridgehead atoms. The number of rotatable bonds is 6. The van der Waals surface area contributed by atoms with Gasteiger partial charge < -0.3 is 0 Å². The molecular weight excluding hydrogens is 308 g/mol. The minimum Gasteiger partial charge on any atom is -0.258 e. The maximum absolute atomic E-state index is 4.53. The van der Waals surface area contributed by atoms with Gasteiger partial charge in [-0.15, -0.1) is 22.0 Å². The fourth-order valence-corrected chi connectivity index (χ4v) is 3.34. The van der Waals surface area contributed by atoms with Crippen LogP contribution in [0.2, 0.25) is 0 Å². The molecule has 0 amide bonds. The highest BCUT2D eigenvalue weighted by atomic mass is 32.2. The maximum Gasteiger partial charge on any atom is 0.209 e. The molecule has 120 valence electrons. The van der Waals surface area contributed by atoms with Crippen molar-refractivity contribution in [1.29, 1.82) is 0 Å². The first-order valence-corrected chi connectivity index (χ1v) is 8.59. The molecule has 0 aliphatic heterocycles. The van der Waals surface area contributed by atoms with E-state index in [2.05, 4.69) is 58.6 Å². The Labute approximate surface area is 139 Å². The smallest absolute Gasteiger partial charge is 0.209 e. The first-order chi connectivity index (χ1) is 11.1. The summed E-state index contributed by atoms with van der Waals surface area (Å²) in [5.74, 6) is 2.03. The van der Waals surface area contributed by atoms with Crippen molar-refractivity contribution in [3.63, 3.8) is 0 Å². The zero-order valence-corrected chi connectivity index (χ0v) is 14.4. The third-order valence-corrected chi connectivity index (χ3v) is 4.48. The number of hydrogen-bond donors (Lipinski definition) is 0. The summed E-state index contributed by atoms with van der Waals surface area (Å²) in [4.78, 5) is 1.47. The summed E-state index contributed by atoms with van der Waals surface area (Å²) in [6.45, 7) is 5.25. The predicted octanol–water partition coefficient (Wildman–Crippen LogP) is 3.02. The molecule has 3 rings (SSSR count). The summed E-state index contributed by atoms with van der Waals surface area (Å²) in [6, 6.07) is 10.4. The van der Waals surface area contributed by atoms with E-state index in [1.54, 1.807) is 18.8 Å². The second kappa shape index (κ2) is 6.95. The molecule has 0 saturated heterocycles. The molecule has 3 aromatic rings. The Hall–Kier alpha value is -2.15. The Balaban J connectivity index is 1.89. The van der Waals surface area contributed by atoms with Crippen LogP contribution in [0.3, 0.4) is 0 Å². The van der Waals surface area contributed by atoms with Gasteiger partial charge in [-0.3, -0.25) is 4.68 Å². The highest BCUT2D eigenvalue weighted by Gasteiger charge is 2.17. The number of benzene rings is 1. The largest absolute Gasteiger partial charge is 0.258 e. The van der Waals surface area contributed by atoms with Crippen LogP contribution in [-0.2, 0) is 19.3 Å². The summed E-state index contributed by atoms with van der Waals surface area (Å²) < 4.78 is 2.05. The lowest BCUT2D eigenvalue weighted by Crippen LogP contribution is -2.07. The fourth-order valence-electron chi connectivity index (χ4n) is 2.27. The Kier molecular flexibility index (Phi) is 4.76. The maximum atomic E-state index is 4.53. The number of aromatic nitrogens is 6. The Morgan fingerprint density at radius 3 is 2.61 bits per heavy atom. The molecule has 2 heterocycles. The van der Waals surface area contributed by atoms with Crippen molar-refractivity contribution in [2.24, 2.45) is 13.0 Å². The molecule has 1 aromatic carbocycles. The van der Waals surface area contributed by atoms with Crippen LogP contribution in [0.15, 0.2) is 41.6 Å². The summed E-state index contributed by atoms with van der Waals surface area (Å²) in [5.41, 5.74) is 2.23. The molecule has 0 saturated carbocycles. The van der Waals surface area contributed by atoms with Crippen molar-refractivity contribution >= 4 is 11.8 Å². The number of aryl methyl sites for hydroxylation is 1. The molecule has 0 aliphatic rings. The van der Waals surface area contributed by atoms with E-state index in [1.807, 2.05) is 16.9 Å². The predicted molar refractivity (Wildman–Crippen MR) is 90.9 cm³/mol. The molecule has 0 N–H and O–H groups in total. The zero-order valence-electron chi connectivity index (χ0n) is 13.5. The molecule has 0 atom stereocenters. The van der Waals surface area contributed by atoms with E-state index in [4.69, 9.17) is 0 Å². The lowest BCUT2D eigenvalue weighted by atomic mass is 10.2.